The molecule has 1 aromatic carbocycles. The second-order valence-electron chi connectivity index (χ2n) is 4.93. The van der Waals surface area contributed by atoms with Crippen molar-refractivity contribution in [1.29, 1.82) is 0 Å². The molecule has 0 bridgehead atoms. The third-order valence-electron chi connectivity index (χ3n) is 3.07. The number of aliphatic hydroxyl groups is 1. The van der Waals surface area contributed by atoms with E-state index in [0.717, 1.165) is 6.07 Å². The van der Waals surface area contributed by atoms with Gasteiger partial charge in [0.15, 0.2) is 0 Å². The monoisotopic (exact) mass is 284 g/mol. The Balaban J connectivity index is 3.03. The molecule has 1 aromatic rings. The van der Waals surface area contributed by atoms with Gasteiger partial charge in [-0.05, 0) is 26.0 Å². The minimum absolute atomic E-state index is 0.136. The van der Waals surface area contributed by atoms with Gasteiger partial charge in [-0.2, -0.15) is 0 Å². The molecule has 0 aliphatic carbocycles. The summed E-state index contributed by atoms with van der Waals surface area (Å²) < 4.78 is 13.5. The number of likely N-dealkylation sites (N-methyl/N-ethyl adjacent to an activating group) is 1. The fraction of sp³-hybridized carbons (Fsp3) is 0.385. The zero-order chi connectivity index (χ0) is 15.5. The van der Waals surface area contributed by atoms with Gasteiger partial charge in [0.25, 0.3) is 0 Å². The van der Waals surface area contributed by atoms with Crippen molar-refractivity contribution in [2.75, 3.05) is 19.0 Å². The Kier molecular flexibility index (Phi) is 4.67. The fourth-order valence-electron chi connectivity index (χ4n) is 1.43. The Bertz CT molecular complexity index is 531. The molecule has 0 aliphatic rings. The van der Waals surface area contributed by atoms with Gasteiger partial charge in [0.05, 0.1) is 17.8 Å². The molecular weight excluding hydrogens is 267 g/mol. The molecule has 0 aliphatic heterocycles. The van der Waals surface area contributed by atoms with Gasteiger partial charge in [-0.1, -0.05) is 6.07 Å². The lowest BCUT2D eigenvalue weighted by molar-refractivity contribution is 0.0693. The molecule has 0 spiro atoms. The molecule has 0 saturated heterocycles. The molecule has 0 unspecified atom stereocenters. The number of carbonyl (C=O) groups is 2. The van der Waals surface area contributed by atoms with Crippen molar-refractivity contribution >= 4 is 17.7 Å². The number of carbonyl (C=O) groups excluding carboxylic acids is 1. The first-order valence-electron chi connectivity index (χ1n) is 5.88. The molecule has 0 saturated carbocycles. The highest BCUT2D eigenvalue weighted by molar-refractivity contribution is 6.00. The molecule has 0 radical (unpaired) electrons. The lowest BCUT2D eigenvalue weighted by Crippen LogP contribution is -2.49. The van der Waals surface area contributed by atoms with Gasteiger partial charge >= 0.3 is 12.0 Å². The van der Waals surface area contributed by atoms with Crippen molar-refractivity contribution in [2.24, 2.45) is 0 Å². The van der Waals surface area contributed by atoms with Gasteiger partial charge in [-0.15, -0.1) is 0 Å². The molecule has 0 heterocycles. The maximum absolute atomic E-state index is 13.5. The number of halogens is 1. The van der Waals surface area contributed by atoms with Crippen molar-refractivity contribution in [3.63, 3.8) is 0 Å². The average Bonchev–Trinajstić information content (AvgIpc) is 2.37. The van der Waals surface area contributed by atoms with Crippen LogP contribution >= 0.6 is 0 Å². The standard InChI is InChI=1S/C13H17FN2O4/c1-13(2,7-17)16(3)12(20)15-9-6-4-5-8(14)10(9)11(18)19/h4-6,17H,7H2,1-3H3,(H,15,20)(H,18,19). The number of carboxylic acid groups (broad SMARTS) is 1. The molecule has 2 amide bonds. The van der Waals surface area contributed by atoms with Crippen LogP contribution in [0.15, 0.2) is 18.2 Å². The van der Waals surface area contributed by atoms with E-state index in [1.165, 1.54) is 24.1 Å². The zero-order valence-electron chi connectivity index (χ0n) is 11.5. The van der Waals surface area contributed by atoms with E-state index in [2.05, 4.69) is 5.32 Å². The molecule has 20 heavy (non-hydrogen) atoms. The number of urea groups is 1. The quantitative estimate of drug-likeness (QED) is 0.786. The molecule has 7 heteroatoms. The van der Waals surface area contributed by atoms with E-state index < -0.39 is 28.9 Å². The van der Waals surface area contributed by atoms with Crippen LogP contribution in [-0.4, -0.2) is 46.3 Å². The van der Waals surface area contributed by atoms with Gasteiger partial charge < -0.3 is 20.4 Å². The Hall–Kier alpha value is -2.15. The number of rotatable bonds is 4. The van der Waals surface area contributed by atoms with Crippen LogP contribution < -0.4 is 5.32 Å². The Labute approximate surface area is 115 Å². The van der Waals surface area contributed by atoms with Gasteiger partial charge in [-0.3, -0.25) is 0 Å². The number of aliphatic hydroxyl groups excluding tert-OH is 1. The van der Waals surface area contributed by atoms with Crippen LogP contribution in [0.1, 0.15) is 24.2 Å². The second-order valence-corrected chi connectivity index (χ2v) is 4.93. The minimum atomic E-state index is -1.47. The predicted molar refractivity (Wildman–Crippen MR) is 71.3 cm³/mol. The lowest BCUT2D eigenvalue weighted by atomic mass is 10.1. The summed E-state index contributed by atoms with van der Waals surface area (Å²) in [5.41, 5.74) is -1.57. The average molecular weight is 284 g/mol. The second kappa shape index (κ2) is 5.87. The highest BCUT2D eigenvalue weighted by atomic mass is 19.1. The first-order chi connectivity index (χ1) is 9.20. The molecule has 0 atom stereocenters. The zero-order valence-corrected chi connectivity index (χ0v) is 11.5. The smallest absolute Gasteiger partial charge is 0.340 e. The topological polar surface area (TPSA) is 89.9 Å². The summed E-state index contributed by atoms with van der Waals surface area (Å²) in [6.45, 7) is 3.00. The van der Waals surface area contributed by atoms with Crippen LogP contribution in [0, 0.1) is 5.82 Å². The molecule has 110 valence electrons. The summed E-state index contributed by atoms with van der Waals surface area (Å²) in [6, 6.07) is 2.95. The molecule has 6 nitrogen and oxygen atoms in total. The van der Waals surface area contributed by atoms with Crippen LogP contribution in [-0.2, 0) is 0 Å². The van der Waals surface area contributed by atoms with Crippen molar-refractivity contribution in [3.8, 4) is 0 Å². The van der Waals surface area contributed by atoms with E-state index in [4.69, 9.17) is 5.11 Å². The van der Waals surface area contributed by atoms with E-state index in [-0.39, 0.29) is 12.3 Å². The van der Waals surface area contributed by atoms with Gasteiger partial charge in [0.1, 0.15) is 11.4 Å². The van der Waals surface area contributed by atoms with E-state index in [9.17, 15) is 19.1 Å². The highest BCUT2D eigenvalue weighted by Gasteiger charge is 2.28. The van der Waals surface area contributed by atoms with Crippen LogP contribution in [0.2, 0.25) is 0 Å². The highest BCUT2D eigenvalue weighted by Crippen LogP contribution is 2.20. The largest absolute Gasteiger partial charge is 0.478 e. The van der Waals surface area contributed by atoms with E-state index >= 15 is 0 Å². The third-order valence-corrected chi connectivity index (χ3v) is 3.07. The number of nitrogens with one attached hydrogen (secondary N) is 1. The first-order valence-corrected chi connectivity index (χ1v) is 5.88. The number of benzene rings is 1. The van der Waals surface area contributed by atoms with Crippen LogP contribution in [0.5, 0.6) is 0 Å². The molecule has 0 fully saturated rings. The summed E-state index contributed by atoms with van der Waals surface area (Å²) in [5, 5.41) is 20.5. The predicted octanol–water partition coefficient (Wildman–Crippen LogP) is 1.76. The molecule has 0 aromatic heterocycles. The number of hydrogen-bond donors (Lipinski definition) is 3. The van der Waals surface area contributed by atoms with Gasteiger partial charge in [-0.25, -0.2) is 14.0 Å². The molecule has 3 N–H and O–H groups in total. The summed E-state index contributed by atoms with van der Waals surface area (Å²) in [7, 11) is 1.45. The van der Waals surface area contributed by atoms with Crippen LogP contribution in [0.4, 0.5) is 14.9 Å². The Morgan fingerprint density at radius 3 is 2.50 bits per heavy atom. The van der Waals surface area contributed by atoms with Crippen LogP contribution in [0.3, 0.4) is 0 Å². The molecular formula is C13H17FN2O4. The number of nitrogens with zero attached hydrogens (tertiary/aromatic N) is 1. The number of hydrogen-bond acceptors (Lipinski definition) is 3. The van der Waals surface area contributed by atoms with Crippen molar-refractivity contribution in [1.82, 2.24) is 4.90 Å². The van der Waals surface area contributed by atoms with Crippen LogP contribution in [0.25, 0.3) is 0 Å². The SMILES string of the molecule is CN(C(=O)Nc1cccc(F)c1C(=O)O)C(C)(C)CO. The number of anilines is 1. The number of carboxylic acids is 1. The Morgan fingerprint density at radius 1 is 1.40 bits per heavy atom. The summed E-state index contributed by atoms with van der Waals surface area (Å²) in [4.78, 5) is 24.2. The van der Waals surface area contributed by atoms with Crippen molar-refractivity contribution < 1.29 is 24.2 Å². The minimum Gasteiger partial charge on any atom is -0.478 e. The normalized spacial score (nSPS) is 11.1. The molecule has 1 rings (SSSR count). The third kappa shape index (κ3) is 3.24. The van der Waals surface area contributed by atoms with E-state index in [1.807, 2.05) is 0 Å². The Morgan fingerprint density at radius 2 is 2.00 bits per heavy atom. The van der Waals surface area contributed by atoms with Gasteiger partial charge in [0, 0.05) is 7.05 Å². The van der Waals surface area contributed by atoms with Gasteiger partial charge in [0.2, 0.25) is 0 Å². The maximum Gasteiger partial charge on any atom is 0.340 e. The van der Waals surface area contributed by atoms with Crippen molar-refractivity contribution in [3.05, 3.63) is 29.6 Å². The summed E-state index contributed by atoms with van der Waals surface area (Å²) in [6.07, 6.45) is 0. The fourth-order valence-corrected chi connectivity index (χ4v) is 1.43. The summed E-state index contributed by atoms with van der Waals surface area (Å²) in [5.74, 6) is -2.40. The number of aromatic carboxylic acids is 1. The summed E-state index contributed by atoms with van der Waals surface area (Å²) >= 11 is 0. The van der Waals surface area contributed by atoms with Crippen molar-refractivity contribution in [2.45, 2.75) is 19.4 Å². The lowest BCUT2D eigenvalue weighted by Gasteiger charge is -2.33. The van der Waals surface area contributed by atoms with E-state index in [1.54, 1.807) is 13.8 Å². The maximum atomic E-state index is 13.5. The van der Waals surface area contributed by atoms with E-state index in [0.29, 0.717) is 0 Å². The number of amides is 2. The first kappa shape index (κ1) is 15.9.